The number of hydrogen-bond acceptors (Lipinski definition) is 3. The third kappa shape index (κ3) is 2.49. The molecule has 0 bridgehead atoms. The monoisotopic (exact) mass is 283 g/mol. The van der Waals surface area contributed by atoms with Crippen molar-refractivity contribution in [3.63, 3.8) is 0 Å². The average Bonchev–Trinajstić information content (AvgIpc) is 2.24. The molecular weight excluding hydrogens is 277 g/mol. The maximum Gasteiger partial charge on any atom is 0.220 e. The highest BCUT2D eigenvalue weighted by molar-refractivity contribution is 9.10. The molecule has 0 radical (unpaired) electrons. The topological polar surface area (TPSA) is 42.4 Å². The van der Waals surface area contributed by atoms with Gasteiger partial charge in [0.2, 0.25) is 5.88 Å². The van der Waals surface area contributed by atoms with E-state index in [0.717, 1.165) is 6.07 Å². The molecule has 3 nitrogen and oxygen atoms in total. The van der Waals surface area contributed by atoms with Crippen LogP contribution in [0, 0.1) is 5.82 Å². The van der Waals surface area contributed by atoms with Crippen molar-refractivity contribution in [2.75, 3.05) is 0 Å². The van der Waals surface area contributed by atoms with Crippen LogP contribution in [0.4, 0.5) is 4.39 Å². The number of aromatic nitrogens is 1. The second-order valence-corrected chi connectivity index (χ2v) is 3.83. The van der Waals surface area contributed by atoms with E-state index >= 15 is 0 Å². The number of rotatable bonds is 2. The highest BCUT2D eigenvalue weighted by Crippen LogP contribution is 2.26. The summed E-state index contributed by atoms with van der Waals surface area (Å²) in [6.07, 6.45) is 0. The Hall–Kier alpha value is -1.62. The lowest BCUT2D eigenvalue weighted by atomic mass is 10.3. The van der Waals surface area contributed by atoms with Gasteiger partial charge in [-0.3, -0.25) is 0 Å². The number of hydrogen-bond donors (Lipinski definition) is 1. The molecule has 0 amide bonds. The van der Waals surface area contributed by atoms with Gasteiger partial charge < -0.3 is 9.84 Å². The zero-order valence-electron chi connectivity index (χ0n) is 8.02. The molecule has 82 valence electrons. The molecule has 0 saturated heterocycles. The second kappa shape index (κ2) is 4.49. The Morgan fingerprint density at radius 3 is 2.75 bits per heavy atom. The van der Waals surface area contributed by atoms with Crippen LogP contribution in [0.25, 0.3) is 0 Å². The van der Waals surface area contributed by atoms with Gasteiger partial charge >= 0.3 is 0 Å². The Bertz CT molecular complexity index is 519. The van der Waals surface area contributed by atoms with Crippen molar-refractivity contribution in [1.29, 1.82) is 0 Å². The number of aromatic hydroxyl groups is 1. The number of halogens is 2. The van der Waals surface area contributed by atoms with Crippen molar-refractivity contribution in [2.24, 2.45) is 0 Å². The van der Waals surface area contributed by atoms with Crippen LogP contribution < -0.4 is 4.74 Å². The maximum absolute atomic E-state index is 12.8. The second-order valence-electron chi connectivity index (χ2n) is 3.01. The normalized spacial score (nSPS) is 10.1. The smallest absolute Gasteiger partial charge is 0.220 e. The van der Waals surface area contributed by atoms with E-state index in [9.17, 15) is 4.39 Å². The van der Waals surface area contributed by atoms with E-state index in [1.165, 1.54) is 12.1 Å². The lowest BCUT2D eigenvalue weighted by Crippen LogP contribution is -1.88. The van der Waals surface area contributed by atoms with Gasteiger partial charge in [0, 0.05) is 12.1 Å². The van der Waals surface area contributed by atoms with Crippen LogP contribution in [0.1, 0.15) is 0 Å². The van der Waals surface area contributed by atoms with Crippen molar-refractivity contribution in [1.82, 2.24) is 4.98 Å². The van der Waals surface area contributed by atoms with Crippen LogP contribution in [-0.2, 0) is 0 Å². The quantitative estimate of drug-likeness (QED) is 0.858. The van der Waals surface area contributed by atoms with Crippen molar-refractivity contribution < 1.29 is 14.2 Å². The molecule has 16 heavy (non-hydrogen) atoms. The number of ether oxygens (including phenoxy) is 1. The van der Waals surface area contributed by atoms with Crippen LogP contribution >= 0.6 is 15.9 Å². The van der Waals surface area contributed by atoms with Crippen LogP contribution in [0.2, 0.25) is 0 Å². The third-order valence-electron chi connectivity index (χ3n) is 1.83. The predicted octanol–water partition coefficient (Wildman–Crippen LogP) is 3.48. The molecule has 0 atom stereocenters. The van der Waals surface area contributed by atoms with E-state index in [-0.39, 0.29) is 0 Å². The molecule has 0 spiro atoms. The summed E-state index contributed by atoms with van der Waals surface area (Å²) >= 11 is 3.20. The summed E-state index contributed by atoms with van der Waals surface area (Å²) in [7, 11) is 0. The molecule has 1 N–H and O–H groups in total. The third-order valence-corrected chi connectivity index (χ3v) is 2.27. The fraction of sp³-hybridized carbons (Fsp3) is 0. The maximum atomic E-state index is 12.8. The Labute approximate surface area is 99.6 Å². The van der Waals surface area contributed by atoms with Crippen molar-refractivity contribution in [3.05, 3.63) is 46.8 Å². The summed E-state index contributed by atoms with van der Waals surface area (Å²) < 4.78 is 18.7. The SMILES string of the molecule is Oc1cc(Oc2cccc(Br)n2)ccc1F. The summed E-state index contributed by atoms with van der Waals surface area (Å²) in [4.78, 5) is 4.04. The molecule has 1 heterocycles. The van der Waals surface area contributed by atoms with Gasteiger partial charge in [0.05, 0.1) is 0 Å². The van der Waals surface area contributed by atoms with Gasteiger partial charge in [-0.05, 0) is 34.1 Å². The standard InChI is InChI=1S/C11H7BrFNO2/c12-10-2-1-3-11(14-10)16-7-4-5-8(13)9(15)6-7/h1-6,15H. The number of phenols is 1. The number of pyridine rings is 1. The molecule has 0 saturated carbocycles. The Morgan fingerprint density at radius 1 is 1.25 bits per heavy atom. The minimum absolute atomic E-state index is 0.324. The van der Waals surface area contributed by atoms with E-state index in [1.54, 1.807) is 18.2 Å². The van der Waals surface area contributed by atoms with E-state index in [0.29, 0.717) is 16.2 Å². The first kappa shape index (κ1) is 10.9. The van der Waals surface area contributed by atoms with E-state index in [2.05, 4.69) is 20.9 Å². The number of nitrogens with zero attached hydrogens (tertiary/aromatic N) is 1. The van der Waals surface area contributed by atoms with E-state index < -0.39 is 11.6 Å². The minimum atomic E-state index is -0.686. The fourth-order valence-electron chi connectivity index (χ4n) is 1.12. The molecule has 2 rings (SSSR count). The molecule has 0 fully saturated rings. The molecule has 0 unspecified atom stereocenters. The zero-order valence-corrected chi connectivity index (χ0v) is 9.61. The van der Waals surface area contributed by atoms with Gasteiger partial charge in [0.15, 0.2) is 11.6 Å². The molecule has 2 aromatic rings. The lowest BCUT2D eigenvalue weighted by molar-refractivity contribution is 0.418. The average molecular weight is 284 g/mol. The first-order valence-corrected chi connectivity index (χ1v) is 5.23. The van der Waals surface area contributed by atoms with Gasteiger partial charge in [-0.15, -0.1) is 0 Å². The van der Waals surface area contributed by atoms with Crippen LogP contribution in [0.5, 0.6) is 17.4 Å². The number of phenolic OH excluding ortho intramolecular Hbond substituents is 1. The Kier molecular flexibility index (Phi) is 3.05. The fourth-order valence-corrected chi connectivity index (χ4v) is 1.45. The Balaban J connectivity index is 2.24. The minimum Gasteiger partial charge on any atom is -0.505 e. The molecule has 0 aliphatic carbocycles. The van der Waals surface area contributed by atoms with Crippen LogP contribution in [0.3, 0.4) is 0 Å². The van der Waals surface area contributed by atoms with Gasteiger partial charge in [-0.2, -0.15) is 0 Å². The van der Waals surface area contributed by atoms with E-state index in [4.69, 9.17) is 9.84 Å². The summed E-state index contributed by atoms with van der Waals surface area (Å²) in [5.74, 6) is -0.452. The zero-order chi connectivity index (χ0) is 11.5. The van der Waals surface area contributed by atoms with Gasteiger partial charge in [-0.1, -0.05) is 6.07 Å². The summed E-state index contributed by atoms with van der Waals surface area (Å²) in [6, 6.07) is 8.91. The van der Waals surface area contributed by atoms with Crippen molar-refractivity contribution in [2.45, 2.75) is 0 Å². The molecule has 5 heteroatoms. The van der Waals surface area contributed by atoms with Crippen LogP contribution in [-0.4, -0.2) is 10.1 Å². The predicted molar refractivity (Wildman–Crippen MR) is 60.1 cm³/mol. The summed E-state index contributed by atoms with van der Waals surface area (Å²) in [5.41, 5.74) is 0. The molecule has 1 aromatic heterocycles. The molecule has 0 aliphatic heterocycles. The van der Waals surface area contributed by atoms with Gasteiger partial charge in [-0.25, -0.2) is 9.37 Å². The molecule has 0 aliphatic rings. The van der Waals surface area contributed by atoms with E-state index in [1.807, 2.05) is 0 Å². The largest absolute Gasteiger partial charge is 0.505 e. The van der Waals surface area contributed by atoms with Gasteiger partial charge in [0.1, 0.15) is 10.4 Å². The molecule has 1 aromatic carbocycles. The van der Waals surface area contributed by atoms with Gasteiger partial charge in [0.25, 0.3) is 0 Å². The first-order chi connectivity index (χ1) is 7.65. The Morgan fingerprint density at radius 2 is 2.06 bits per heavy atom. The van der Waals surface area contributed by atoms with Crippen molar-refractivity contribution >= 4 is 15.9 Å². The summed E-state index contributed by atoms with van der Waals surface area (Å²) in [6.45, 7) is 0. The first-order valence-electron chi connectivity index (χ1n) is 4.44. The highest BCUT2D eigenvalue weighted by atomic mass is 79.9. The van der Waals surface area contributed by atoms with Crippen molar-refractivity contribution in [3.8, 4) is 17.4 Å². The highest BCUT2D eigenvalue weighted by Gasteiger charge is 2.04. The summed E-state index contributed by atoms with van der Waals surface area (Å²) in [5, 5.41) is 9.15. The lowest BCUT2D eigenvalue weighted by Gasteiger charge is -2.05. The number of benzene rings is 1. The van der Waals surface area contributed by atoms with Crippen LogP contribution in [0.15, 0.2) is 41.0 Å². The molecular formula is C11H7BrFNO2.